The average molecular weight is 240 g/mol. The molecule has 1 aromatic carbocycles. The second-order valence-corrected chi connectivity index (χ2v) is 4.68. The van der Waals surface area contributed by atoms with Gasteiger partial charge in [0.25, 0.3) is 0 Å². The van der Waals surface area contributed by atoms with Crippen molar-refractivity contribution in [3.63, 3.8) is 0 Å². The van der Waals surface area contributed by atoms with Gasteiger partial charge in [0.15, 0.2) is 0 Å². The van der Waals surface area contributed by atoms with Crippen LogP contribution in [-0.4, -0.2) is 20.6 Å². The first kappa shape index (κ1) is 11.0. The molecule has 3 aromatic rings. The Hall–Kier alpha value is -2.07. The highest BCUT2D eigenvalue weighted by atomic mass is 15.0. The minimum Gasteiger partial charge on any atom is -0.360 e. The summed E-state index contributed by atoms with van der Waals surface area (Å²) in [6, 6.07) is 8.37. The number of H-pyrrole nitrogens is 1. The highest BCUT2D eigenvalue weighted by Crippen LogP contribution is 2.26. The molecule has 1 atom stereocenters. The van der Waals surface area contributed by atoms with E-state index < -0.39 is 0 Å². The van der Waals surface area contributed by atoms with E-state index in [9.17, 15) is 0 Å². The molecule has 3 rings (SSSR count). The number of nitrogens with one attached hydrogen (secondary N) is 1. The zero-order chi connectivity index (χ0) is 12.5. The normalized spacial score (nSPS) is 13.0. The van der Waals surface area contributed by atoms with E-state index in [0.717, 1.165) is 23.3 Å². The molecule has 0 spiro atoms. The lowest BCUT2D eigenvalue weighted by molar-refractivity contribution is 0.589. The summed E-state index contributed by atoms with van der Waals surface area (Å²) < 4.78 is 2.03. The topological polar surface area (TPSA) is 59.6 Å². The Bertz CT molecular complexity index is 663. The third-order valence-corrected chi connectivity index (χ3v) is 3.00. The number of hydrogen-bond donors (Lipinski definition) is 2. The van der Waals surface area contributed by atoms with E-state index in [-0.39, 0.29) is 6.04 Å². The third-order valence-electron chi connectivity index (χ3n) is 3.00. The maximum absolute atomic E-state index is 5.79. The van der Waals surface area contributed by atoms with E-state index in [2.05, 4.69) is 22.1 Å². The quantitative estimate of drug-likeness (QED) is 0.738. The van der Waals surface area contributed by atoms with Gasteiger partial charge in [-0.3, -0.25) is 0 Å². The van der Waals surface area contributed by atoms with Crippen molar-refractivity contribution in [3.8, 4) is 11.3 Å². The Labute approximate surface area is 105 Å². The van der Waals surface area contributed by atoms with Crippen LogP contribution in [0.25, 0.3) is 22.2 Å². The summed E-state index contributed by atoms with van der Waals surface area (Å²) in [5.41, 5.74) is 9.03. The zero-order valence-electron chi connectivity index (χ0n) is 10.3. The van der Waals surface area contributed by atoms with Crippen LogP contribution in [0, 0.1) is 0 Å². The highest BCUT2D eigenvalue weighted by Gasteiger charge is 2.08. The highest BCUT2D eigenvalue weighted by molar-refractivity contribution is 5.94. The molecule has 2 heterocycles. The van der Waals surface area contributed by atoms with E-state index in [4.69, 9.17) is 5.73 Å². The molecule has 0 aliphatic carbocycles. The van der Waals surface area contributed by atoms with Crippen molar-refractivity contribution in [2.24, 2.45) is 5.73 Å². The largest absolute Gasteiger partial charge is 0.360 e. The monoisotopic (exact) mass is 240 g/mol. The van der Waals surface area contributed by atoms with Crippen LogP contribution in [0.2, 0.25) is 0 Å². The van der Waals surface area contributed by atoms with Crippen LogP contribution in [-0.2, 0) is 6.54 Å². The van der Waals surface area contributed by atoms with Crippen molar-refractivity contribution in [2.75, 3.05) is 0 Å². The van der Waals surface area contributed by atoms with E-state index in [1.54, 1.807) is 0 Å². The molecule has 3 N–H and O–H groups in total. The molecule has 0 amide bonds. The van der Waals surface area contributed by atoms with Gasteiger partial charge in [-0.25, -0.2) is 4.98 Å². The molecule has 0 radical (unpaired) electrons. The van der Waals surface area contributed by atoms with Gasteiger partial charge in [-0.05, 0) is 13.0 Å². The molecule has 0 saturated heterocycles. The molecule has 0 aliphatic rings. The maximum atomic E-state index is 5.79. The van der Waals surface area contributed by atoms with Gasteiger partial charge in [0.1, 0.15) is 0 Å². The van der Waals surface area contributed by atoms with Crippen LogP contribution in [0.5, 0.6) is 0 Å². The predicted molar refractivity (Wildman–Crippen MR) is 73.2 cm³/mol. The molecule has 4 nitrogen and oxygen atoms in total. The van der Waals surface area contributed by atoms with Crippen LogP contribution < -0.4 is 5.73 Å². The first-order valence-electron chi connectivity index (χ1n) is 6.08. The van der Waals surface area contributed by atoms with Crippen LogP contribution in [0.15, 0.2) is 43.0 Å². The molecule has 2 aromatic heterocycles. The maximum Gasteiger partial charge on any atom is 0.0954 e. The zero-order valence-corrected chi connectivity index (χ0v) is 10.3. The van der Waals surface area contributed by atoms with Crippen LogP contribution in [0.1, 0.15) is 6.92 Å². The second-order valence-electron chi connectivity index (χ2n) is 4.68. The van der Waals surface area contributed by atoms with E-state index in [0.29, 0.717) is 0 Å². The van der Waals surface area contributed by atoms with Gasteiger partial charge in [-0.2, -0.15) is 0 Å². The molecule has 4 heteroatoms. The summed E-state index contributed by atoms with van der Waals surface area (Å²) in [5, 5.41) is 1.20. The number of rotatable bonds is 3. The molecule has 0 bridgehead atoms. The smallest absolute Gasteiger partial charge is 0.0954 e. The summed E-state index contributed by atoms with van der Waals surface area (Å²) in [7, 11) is 0. The van der Waals surface area contributed by atoms with Crippen molar-refractivity contribution in [3.05, 3.63) is 43.0 Å². The number of nitrogens with zero attached hydrogens (tertiary/aromatic N) is 2. The summed E-state index contributed by atoms with van der Waals surface area (Å²) in [5.74, 6) is 0. The Balaban J connectivity index is 2.01. The van der Waals surface area contributed by atoms with Gasteiger partial charge in [-0.15, -0.1) is 0 Å². The lowest BCUT2D eigenvalue weighted by Gasteiger charge is -2.04. The fourth-order valence-electron chi connectivity index (χ4n) is 2.21. The summed E-state index contributed by atoms with van der Waals surface area (Å²) in [4.78, 5) is 7.71. The first-order valence-corrected chi connectivity index (χ1v) is 6.08. The van der Waals surface area contributed by atoms with E-state index in [1.807, 2.05) is 42.3 Å². The first-order chi connectivity index (χ1) is 8.74. The molecular formula is C14H16N4. The van der Waals surface area contributed by atoms with Gasteiger partial charge in [-0.1, -0.05) is 18.2 Å². The second kappa shape index (κ2) is 4.31. The molecule has 0 aliphatic heterocycles. The van der Waals surface area contributed by atoms with Crippen LogP contribution in [0.3, 0.4) is 0 Å². The Morgan fingerprint density at radius 1 is 1.39 bits per heavy atom. The predicted octanol–water partition coefficient (Wildman–Crippen LogP) is 2.38. The number of aromatic nitrogens is 3. The van der Waals surface area contributed by atoms with Gasteiger partial charge in [0, 0.05) is 41.4 Å². The van der Waals surface area contributed by atoms with Gasteiger partial charge < -0.3 is 15.3 Å². The van der Waals surface area contributed by atoms with Crippen molar-refractivity contribution in [1.29, 1.82) is 0 Å². The Morgan fingerprint density at radius 3 is 3.06 bits per heavy atom. The number of hydrogen-bond acceptors (Lipinski definition) is 2. The Kier molecular flexibility index (Phi) is 2.64. The lowest BCUT2D eigenvalue weighted by atomic mass is 10.1. The van der Waals surface area contributed by atoms with Crippen LogP contribution >= 0.6 is 0 Å². The molecular weight excluding hydrogens is 224 g/mol. The number of para-hydroxylation sites is 1. The summed E-state index contributed by atoms with van der Waals surface area (Å²) in [6.07, 6.45) is 5.88. The molecule has 0 saturated carbocycles. The molecule has 18 heavy (non-hydrogen) atoms. The third kappa shape index (κ3) is 1.91. The molecule has 0 fully saturated rings. The van der Waals surface area contributed by atoms with Gasteiger partial charge in [0.05, 0.1) is 12.0 Å². The number of nitrogens with two attached hydrogens (primary N) is 1. The number of fused-ring (bicyclic) bond motifs is 1. The van der Waals surface area contributed by atoms with Crippen molar-refractivity contribution < 1.29 is 0 Å². The van der Waals surface area contributed by atoms with Gasteiger partial charge in [0.2, 0.25) is 0 Å². The van der Waals surface area contributed by atoms with E-state index >= 15 is 0 Å². The summed E-state index contributed by atoms with van der Waals surface area (Å²) >= 11 is 0. The fraction of sp³-hybridized carbons (Fsp3) is 0.214. The average Bonchev–Trinajstić information content (AvgIpc) is 2.94. The van der Waals surface area contributed by atoms with Crippen LogP contribution in [0.4, 0.5) is 0 Å². The number of aromatic amines is 1. The molecule has 1 unspecified atom stereocenters. The van der Waals surface area contributed by atoms with Gasteiger partial charge >= 0.3 is 0 Å². The summed E-state index contributed by atoms with van der Waals surface area (Å²) in [6.45, 7) is 2.78. The fourth-order valence-corrected chi connectivity index (χ4v) is 2.21. The molecule has 92 valence electrons. The standard InChI is InChI=1S/C14H16N4/c1-10(15)7-18-8-14(17-9-18)12-6-16-13-5-3-2-4-11(12)13/h2-6,8-10,16H,7,15H2,1H3. The number of benzene rings is 1. The van der Waals surface area contributed by atoms with Crippen molar-refractivity contribution in [1.82, 2.24) is 14.5 Å². The number of imidazole rings is 1. The minimum absolute atomic E-state index is 0.134. The minimum atomic E-state index is 0.134. The van der Waals surface area contributed by atoms with Crippen molar-refractivity contribution in [2.45, 2.75) is 19.5 Å². The SMILES string of the molecule is CC(N)Cn1cnc(-c2c[nH]c3ccccc23)c1. The lowest BCUT2D eigenvalue weighted by Crippen LogP contribution is -2.21. The van der Waals surface area contributed by atoms with Crippen molar-refractivity contribution >= 4 is 10.9 Å². The Morgan fingerprint density at radius 2 is 2.22 bits per heavy atom. The van der Waals surface area contributed by atoms with E-state index in [1.165, 1.54) is 5.39 Å².